The van der Waals surface area contributed by atoms with Crippen molar-refractivity contribution in [3.63, 3.8) is 0 Å². The fraction of sp³-hybridized carbons (Fsp3) is 0.615. The SMILES string of the molecule is c1cc(N2CCOCC2)c(CNC2CC2)cn1. The van der Waals surface area contributed by atoms with Gasteiger partial charge in [-0.05, 0) is 18.9 Å². The fourth-order valence-electron chi connectivity index (χ4n) is 2.21. The Labute approximate surface area is 102 Å². The maximum atomic E-state index is 5.40. The molecular formula is C13H19N3O. The molecule has 1 saturated heterocycles. The van der Waals surface area contributed by atoms with Gasteiger partial charge in [-0.3, -0.25) is 4.98 Å². The number of ether oxygens (including phenoxy) is 1. The van der Waals surface area contributed by atoms with Gasteiger partial charge in [0, 0.05) is 49.3 Å². The third-order valence-electron chi connectivity index (χ3n) is 3.39. The fourth-order valence-corrected chi connectivity index (χ4v) is 2.21. The maximum absolute atomic E-state index is 5.40. The Morgan fingerprint density at radius 2 is 2.18 bits per heavy atom. The Morgan fingerprint density at radius 3 is 2.94 bits per heavy atom. The summed E-state index contributed by atoms with van der Waals surface area (Å²) in [5.41, 5.74) is 2.62. The van der Waals surface area contributed by atoms with Crippen molar-refractivity contribution in [2.75, 3.05) is 31.2 Å². The van der Waals surface area contributed by atoms with Crippen LogP contribution in [0.4, 0.5) is 5.69 Å². The molecule has 4 heteroatoms. The van der Waals surface area contributed by atoms with Crippen LogP contribution in [-0.4, -0.2) is 37.3 Å². The van der Waals surface area contributed by atoms with Gasteiger partial charge >= 0.3 is 0 Å². The summed E-state index contributed by atoms with van der Waals surface area (Å²) in [5, 5.41) is 3.55. The number of pyridine rings is 1. The first kappa shape index (κ1) is 11.0. The minimum absolute atomic E-state index is 0.743. The molecule has 1 N–H and O–H groups in total. The van der Waals surface area contributed by atoms with E-state index < -0.39 is 0 Å². The maximum Gasteiger partial charge on any atom is 0.0642 e. The molecule has 1 saturated carbocycles. The van der Waals surface area contributed by atoms with Crippen molar-refractivity contribution in [2.45, 2.75) is 25.4 Å². The van der Waals surface area contributed by atoms with Crippen LogP contribution in [0.5, 0.6) is 0 Å². The molecule has 0 unspecified atom stereocenters. The minimum atomic E-state index is 0.743. The zero-order valence-corrected chi connectivity index (χ0v) is 10.1. The molecule has 0 atom stereocenters. The number of morpholine rings is 1. The van der Waals surface area contributed by atoms with Crippen LogP contribution in [-0.2, 0) is 11.3 Å². The molecule has 3 rings (SSSR count). The minimum Gasteiger partial charge on any atom is -0.378 e. The molecule has 2 heterocycles. The predicted molar refractivity (Wildman–Crippen MR) is 67.1 cm³/mol. The van der Waals surface area contributed by atoms with Crippen molar-refractivity contribution in [2.24, 2.45) is 0 Å². The predicted octanol–water partition coefficient (Wildman–Crippen LogP) is 1.17. The van der Waals surface area contributed by atoms with E-state index in [0.717, 1.165) is 38.9 Å². The van der Waals surface area contributed by atoms with Gasteiger partial charge in [-0.25, -0.2) is 0 Å². The van der Waals surface area contributed by atoms with Crippen molar-refractivity contribution >= 4 is 5.69 Å². The van der Waals surface area contributed by atoms with Crippen molar-refractivity contribution in [3.05, 3.63) is 24.0 Å². The van der Waals surface area contributed by atoms with E-state index in [9.17, 15) is 0 Å². The lowest BCUT2D eigenvalue weighted by Gasteiger charge is -2.30. The van der Waals surface area contributed by atoms with Crippen LogP contribution < -0.4 is 10.2 Å². The Morgan fingerprint density at radius 1 is 1.35 bits per heavy atom. The van der Waals surface area contributed by atoms with E-state index in [-0.39, 0.29) is 0 Å². The smallest absolute Gasteiger partial charge is 0.0642 e. The summed E-state index contributed by atoms with van der Waals surface area (Å²) >= 11 is 0. The third kappa shape index (κ3) is 2.76. The summed E-state index contributed by atoms with van der Waals surface area (Å²) in [5.74, 6) is 0. The van der Waals surface area contributed by atoms with Gasteiger partial charge < -0.3 is 15.0 Å². The van der Waals surface area contributed by atoms with Gasteiger partial charge in [-0.2, -0.15) is 0 Å². The number of nitrogens with one attached hydrogen (secondary N) is 1. The van der Waals surface area contributed by atoms with E-state index in [1.807, 2.05) is 12.4 Å². The molecule has 0 bridgehead atoms. The first-order valence-corrected chi connectivity index (χ1v) is 6.42. The van der Waals surface area contributed by atoms with Crippen LogP contribution in [0.2, 0.25) is 0 Å². The molecule has 2 fully saturated rings. The van der Waals surface area contributed by atoms with Crippen molar-refractivity contribution < 1.29 is 4.74 Å². The van der Waals surface area contributed by atoms with Gasteiger partial charge in [0.15, 0.2) is 0 Å². The van der Waals surface area contributed by atoms with E-state index in [4.69, 9.17) is 4.74 Å². The van der Waals surface area contributed by atoms with E-state index in [0.29, 0.717) is 0 Å². The number of rotatable bonds is 4. The highest BCUT2D eigenvalue weighted by molar-refractivity contribution is 5.52. The number of hydrogen-bond acceptors (Lipinski definition) is 4. The van der Waals surface area contributed by atoms with Crippen LogP contribution in [0.25, 0.3) is 0 Å². The lowest BCUT2D eigenvalue weighted by atomic mass is 10.2. The summed E-state index contributed by atoms with van der Waals surface area (Å²) in [6.07, 6.45) is 6.52. The monoisotopic (exact) mass is 233 g/mol. The second-order valence-corrected chi connectivity index (χ2v) is 4.76. The lowest BCUT2D eigenvalue weighted by molar-refractivity contribution is 0.122. The molecular weight excluding hydrogens is 214 g/mol. The second kappa shape index (κ2) is 5.02. The lowest BCUT2D eigenvalue weighted by Crippen LogP contribution is -2.37. The van der Waals surface area contributed by atoms with Gasteiger partial charge in [0.25, 0.3) is 0 Å². The van der Waals surface area contributed by atoms with Crippen molar-refractivity contribution in [1.29, 1.82) is 0 Å². The van der Waals surface area contributed by atoms with E-state index >= 15 is 0 Å². The van der Waals surface area contributed by atoms with Crippen LogP contribution in [0.1, 0.15) is 18.4 Å². The van der Waals surface area contributed by atoms with Crippen molar-refractivity contribution in [3.8, 4) is 0 Å². The highest BCUT2D eigenvalue weighted by Crippen LogP contribution is 2.23. The van der Waals surface area contributed by atoms with Gasteiger partial charge in [-0.1, -0.05) is 0 Å². The molecule has 0 amide bonds. The highest BCUT2D eigenvalue weighted by Gasteiger charge is 2.21. The Kier molecular flexibility index (Phi) is 3.25. The van der Waals surface area contributed by atoms with Gasteiger partial charge in [-0.15, -0.1) is 0 Å². The molecule has 1 aromatic rings. The summed E-state index contributed by atoms with van der Waals surface area (Å²) in [7, 11) is 0. The van der Waals surface area contributed by atoms with Crippen molar-refractivity contribution in [1.82, 2.24) is 10.3 Å². The summed E-state index contributed by atoms with van der Waals surface area (Å²) in [6, 6.07) is 2.86. The Hall–Kier alpha value is -1.13. The third-order valence-corrected chi connectivity index (χ3v) is 3.39. The molecule has 0 spiro atoms. The molecule has 1 aromatic heterocycles. The molecule has 1 aliphatic carbocycles. The molecule has 17 heavy (non-hydrogen) atoms. The first-order chi connectivity index (χ1) is 8.43. The van der Waals surface area contributed by atoms with Crippen LogP contribution in [0.15, 0.2) is 18.5 Å². The van der Waals surface area contributed by atoms with Gasteiger partial charge in [0.1, 0.15) is 0 Å². The zero-order valence-electron chi connectivity index (χ0n) is 10.1. The summed E-state index contributed by atoms with van der Waals surface area (Å²) in [4.78, 5) is 6.64. The van der Waals surface area contributed by atoms with E-state index in [2.05, 4.69) is 21.3 Å². The number of nitrogens with zero attached hydrogens (tertiary/aromatic N) is 2. The zero-order chi connectivity index (χ0) is 11.5. The molecule has 2 aliphatic rings. The quantitative estimate of drug-likeness (QED) is 0.847. The molecule has 0 aromatic carbocycles. The molecule has 0 radical (unpaired) electrons. The van der Waals surface area contributed by atoms with Crippen LogP contribution in [0.3, 0.4) is 0 Å². The highest BCUT2D eigenvalue weighted by atomic mass is 16.5. The average Bonchev–Trinajstić information content (AvgIpc) is 3.22. The topological polar surface area (TPSA) is 37.4 Å². The Balaban J connectivity index is 1.71. The van der Waals surface area contributed by atoms with Gasteiger partial charge in [0.05, 0.1) is 13.2 Å². The second-order valence-electron chi connectivity index (χ2n) is 4.76. The average molecular weight is 233 g/mol. The molecule has 1 aliphatic heterocycles. The number of hydrogen-bond donors (Lipinski definition) is 1. The Bertz CT molecular complexity index is 373. The normalized spacial score (nSPS) is 20.6. The number of aromatic nitrogens is 1. The van der Waals surface area contributed by atoms with Crippen LogP contribution in [0, 0.1) is 0 Å². The summed E-state index contributed by atoms with van der Waals surface area (Å²) in [6.45, 7) is 4.57. The molecule has 4 nitrogen and oxygen atoms in total. The van der Waals surface area contributed by atoms with Crippen LogP contribution >= 0.6 is 0 Å². The largest absolute Gasteiger partial charge is 0.378 e. The van der Waals surface area contributed by atoms with Gasteiger partial charge in [0.2, 0.25) is 0 Å². The standard InChI is InChI=1S/C13H19N3O/c1-2-12(1)15-10-11-9-14-4-3-13(11)16-5-7-17-8-6-16/h3-4,9,12,15H,1-2,5-8,10H2. The van der Waals surface area contributed by atoms with E-state index in [1.54, 1.807) is 0 Å². The van der Waals surface area contributed by atoms with E-state index in [1.165, 1.54) is 24.1 Å². The summed E-state index contributed by atoms with van der Waals surface area (Å²) < 4.78 is 5.40. The molecule has 92 valence electrons. The number of anilines is 1. The first-order valence-electron chi connectivity index (χ1n) is 6.42.